The Labute approximate surface area is 159 Å². The van der Waals surface area contributed by atoms with E-state index in [0.717, 1.165) is 56.3 Å². The molecule has 0 radical (unpaired) electrons. The Bertz CT molecular complexity index is 726. The fourth-order valence-electron chi connectivity index (χ4n) is 3.07. The molecule has 27 heavy (non-hydrogen) atoms. The van der Waals surface area contributed by atoms with Crippen LogP contribution in [0.5, 0.6) is 5.75 Å². The molecular weight excluding hydrogens is 344 g/mol. The molecule has 144 valence electrons. The summed E-state index contributed by atoms with van der Waals surface area (Å²) in [5.41, 5.74) is 1.79. The third kappa shape index (κ3) is 5.24. The minimum atomic E-state index is 0.0723. The van der Waals surface area contributed by atoms with Gasteiger partial charge in [0.25, 0.3) is 5.91 Å². The van der Waals surface area contributed by atoms with Gasteiger partial charge in [-0.05, 0) is 24.3 Å². The molecule has 1 saturated heterocycles. The summed E-state index contributed by atoms with van der Waals surface area (Å²) < 4.78 is 10.2. The van der Waals surface area contributed by atoms with Crippen LogP contribution in [-0.4, -0.2) is 72.7 Å². The lowest BCUT2D eigenvalue weighted by Crippen LogP contribution is -2.48. The van der Waals surface area contributed by atoms with E-state index in [0.29, 0.717) is 12.2 Å². The van der Waals surface area contributed by atoms with Gasteiger partial charge in [-0.15, -0.1) is 0 Å². The molecule has 0 unspecified atom stereocenters. The Hall–Kier alpha value is -2.51. The fourth-order valence-corrected chi connectivity index (χ4v) is 3.07. The number of nitrogens with zero attached hydrogens (tertiary/aromatic N) is 4. The van der Waals surface area contributed by atoms with E-state index in [-0.39, 0.29) is 5.91 Å². The lowest BCUT2D eigenvalue weighted by Gasteiger charge is -2.34. The number of methoxy groups -OCH3 is 2. The Kier molecular flexibility index (Phi) is 6.73. The van der Waals surface area contributed by atoms with Crippen molar-refractivity contribution in [3.8, 4) is 5.75 Å². The second-order valence-electron chi connectivity index (χ2n) is 6.55. The van der Waals surface area contributed by atoms with Crippen LogP contribution < -0.4 is 4.74 Å². The summed E-state index contributed by atoms with van der Waals surface area (Å²) >= 11 is 0. The Balaban J connectivity index is 1.48. The summed E-state index contributed by atoms with van der Waals surface area (Å²) in [6, 6.07) is 7.27. The predicted molar refractivity (Wildman–Crippen MR) is 102 cm³/mol. The van der Waals surface area contributed by atoms with Crippen molar-refractivity contribution in [1.82, 2.24) is 19.8 Å². The van der Waals surface area contributed by atoms with Crippen LogP contribution in [0.3, 0.4) is 0 Å². The highest BCUT2D eigenvalue weighted by Crippen LogP contribution is 2.15. The molecule has 0 bridgehead atoms. The normalized spacial score (nSPS) is 15.0. The molecule has 1 aliphatic rings. The molecule has 1 amide bonds. The van der Waals surface area contributed by atoms with Crippen molar-refractivity contribution in [2.45, 2.75) is 13.0 Å². The maximum absolute atomic E-state index is 12.6. The molecule has 0 saturated carbocycles. The summed E-state index contributed by atoms with van der Waals surface area (Å²) in [5.74, 6) is 1.63. The van der Waals surface area contributed by atoms with E-state index in [4.69, 9.17) is 9.47 Å². The number of carbonyl (C=O) groups excluding carboxylic acids is 1. The first-order valence-electron chi connectivity index (χ1n) is 9.14. The minimum absolute atomic E-state index is 0.0723. The highest BCUT2D eigenvalue weighted by molar-refractivity contribution is 5.94. The number of carbonyl (C=O) groups is 1. The van der Waals surface area contributed by atoms with Crippen molar-refractivity contribution >= 4 is 5.91 Å². The predicted octanol–water partition coefficient (Wildman–Crippen LogP) is 1.63. The zero-order valence-corrected chi connectivity index (χ0v) is 15.9. The average Bonchev–Trinajstić information content (AvgIpc) is 2.73. The van der Waals surface area contributed by atoms with Gasteiger partial charge in [-0.25, -0.2) is 9.97 Å². The van der Waals surface area contributed by atoms with Crippen LogP contribution in [0.1, 0.15) is 21.7 Å². The smallest absolute Gasteiger partial charge is 0.253 e. The summed E-state index contributed by atoms with van der Waals surface area (Å²) in [6.45, 7) is 4.55. The first-order chi connectivity index (χ1) is 13.2. The number of aromatic nitrogens is 2. The van der Waals surface area contributed by atoms with E-state index in [1.807, 2.05) is 41.6 Å². The molecule has 0 aliphatic carbocycles. The molecule has 0 atom stereocenters. The van der Waals surface area contributed by atoms with Crippen LogP contribution in [0.2, 0.25) is 0 Å². The first-order valence-corrected chi connectivity index (χ1v) is 9.14. The Morgan fingerprint density at radius 3 is 2.30 bits per heavy atom. The van der Waals surface area contributed by atoms with Crippen LogP contribution in [0, 0.1) is 0 Å². The second-order valence-corrected chi connectivity index (χ2v) is 6.55. The average molecular weight is 370 g/mol. The molecule has 1 aromatic heterocycles. The summed E-state index contributed by atoms with van der Waals surface area (Å²) in [4.78, 5) is 25.6. The van der Waals surface area contributed by atoms with E-state index in [9.17, 15) is 4.79 Å². The maximum Gasteiger partial charge on any atom is 0.253 e. The van der Waals surface area contributed by atoms with Gasteiger partial charge in [-0.2, -0.15) is 0 Å². The van der Waals surface area contributed by atoms with Crippen molar-refractivity contribution in [1.29, 1.82) is 0 Å². The van der Waals surface area contributed by atoms with E-state index in [1.54, 1.807) is 14.2 Å². The lowest BCUT2D eigenvalue weighted by atomic mass is 10.1. The number of benzene rings is 1. The summed E-state index contributed by atoms with van der Waals surface area (Å²) in [6.07, 6.45) is 4.49. The van der Waals surface area contributed by atoms with Gasteiger partial charge < -0.3 is 14.4 Å². The molecule has 1 fully saturated rings. The maximum atomic E-state index is 12.6. The zero-order valence-electron chi connectivity index (χ0n) is 15.9. The molecule has 0 spiro atoms. The third-order valence-electron chi connectivity index (χ3n) is 4.69. The molecule has 0 N–H and O–H groups in total. The standard InChI is InChI=1S/C20H26N4O3/c1-26-12-7-19-21-13-16(14-22-19)15-23-8-10-24(11-9-23)20(25)17-3-5-18(27-2)6-4-17/h3-6,13-14H,7-12,15H2,1-2H3. The van der Waals surface area contributed by atoms with Crippen LogP contribution >= 0.6 is 0 Å². The largest absolute Gasteiger partial charge is 0.497 e. The van der Waals surface area contributed by atoms with E-state index in [2.05, 4.69) is 14.9 Å². The van der Waals surface area contributed by atoms with Gasteiger partial charge in [0, 0.05) is 69.8 Å². The molecule has 2 aromatic rings. The molecular formula is C20H26N4O3. The van der Waals surface area contributed by atoms with Gasteiger partial charge in [0.1, 0.15) is 11.6 Å². The van der Waals surface area contributed by atoms with E-state index < -0.39 is 0 Å². The quantitative estimate of drug-likeness (QED) is 0.738. The lowest BCUT2D eigenvalue weighted by molar-refractivity contribution is 0.0628. The van der Waals surface area contributed by atoms with Crippen LogP contribution in [0.4, 0.5) is 0 Å². The van der Waals surface area contributed by atoms with E-state index >= 15 is 0 Å². The van der Waals surface area contributed by atoms with Gasteiger partial charge >= 0.3 is 0 Å². The second kappa shape index (κ2) is 9.43. The first kappa shape index (κ1) is 19.3. The molecule has 3 rings (SSSR count). The number of hydrogen-bond donors (Lipinski definition) is 0. The topological polar surface area (TPSA) is 67.8 Å². The minimum Gasteiger partial charge on any atom is -0.497 e. The highest BCUT2D eigenvalue weighted by Gasteiger charge is 2.22. The van der Waals surface area contributed by atoms with Crippen LogP contribution in [0.15, 0.2) is 36.7 Å². The monoisotopic (exact) mass is 370 g/mol. The molecule has 1 aromatic carbocycles. The zero-order chi connectivity index (χ0) is 19.1. The summed E-state index contributed by atoms with van der Waals surface area (Å²) in [7, 11) is 3.29. The van der Waals surface area contributed by atoms with Crippen LogP contribution in [0.25, 0.3) is 0 Å². The van der Waals surface area contributed by atoms with Gasteiger partial charge in [-0.1, -0.05) is 0 Å². The molecule has 7 heteroatoms. The van der Waals surface area contributed by atoms with Gasteiger partial charge in [-0.3, -0.25) is 9.69 Å². The Morgan fingerprint density at radius 1 is 1.04 bits per heavy atom. The SMILES string of the molecule is COCCc1ncc(CN2CCN(C(=O)c3ccc(OC)cc3)CC2)cn1. The van der Waals surface area contributed by atoms with Gasteiger partial charge in [0.15, 0.2) is 0 Å². The molecule has 2 heterocycles. The van der Waals surface area contributed by atoms with Crippen molar-refractivity contribution in [2.24, 2.45) is 0 Å². The Morgan fingerprint density at radius 2 is 1.70 bits per heavy atom. The van der Waals surface area contributed by atoms with E-state index in [1.165, 1.54) is 0 Å². The van der Waals surface area contributed by atoms with Crippen molar-refractivity contribution in [3.05, 3.63) is 53.6 Å². The third-order valence-corrected chi connectivity index (χ3v) is 4.69. The number of amides is 1. The van der Waals surface area contributed by atoms with Gasteiger partial charge in [0.05, 0.1) is 13.7 Å². The highest BCUT2D eigenvalue weighted by atomic mass is 16.5. The van der Waals surface area contributed by atoms with Crippen LogP contribution in [-0.2, 0) is 17.7 Å². The number of piperazine rings is 1. The molecule has 7 nitrogen and oxygen atoms in total. The van der Waals surface area contributed by atoms with Crippen molar-refractivity contribution in [2.75, 3.05) is 47.0 Å². The summed E-state index contributed by atoms with van der Waals surface area (Å²) in [5, 5.41) is 0. The van der Waals surface area contributed by atoms with Gasteiger partial charge in [0.2, 0.25) is 0 Å². The van der Waals surface area contributed by atoms with Crippen molar-refractivity contribution < 1.29 is 14.3 Å². The molecule has 1 aliphatic heterocycles. The number of rotatable bonds is 7. The number of ether oxygens (including phenoxy) is 2. The fraction of sp³-hybridized carbons (Fsp3) is 0.450. The number of hydrogen-bond acceptors (Lipinski definition) is 6. The van der Waals surface area contributed by atoms with Crippen molar-refractivity contribution in [3.63, 3.8) is 0 Å².